The smallest absolute Gasteiger partial charge is 0.234 e. The SMILES string of the molecule is CCn1c(SCC(=O)Nc2ccc(N=Nc3ccccc3)cc2)nnc1-c1ccccc1Cl. The fraction of sp³-hybridized carbons (Fsp3) is 0.125. The Balaban J connectivity index is 1.35. The number of amides is 1. The van der Waals surface area contributed by atoms with Crippen molar-refractivity contribution in [2.75, 3.05) is 11.1 Å². The van der Waals surface area contributed by atoms with Crippen molar-refractivity contribution >= 4 is 46.3 Å². The number of carbonyl (C=O) groups is 1. The topological polar surface area (TPSA) is 84.5 Å². The van der Waals surface area contributed by atoms with Crippen LogP contribution in [0.2, 0.25) is 5.02 Å². The van der Waals surface area contributed by atoms with Crippen LogP contribution in [-0.4, -0.2) is 26.4 Å². The number of carbonyl (C=O) groups excluding carboxylic acids is 1. The lowest BCUT2D eigenvalue weighted by Crippen LogP contribution is -2.14. The summed E-state index contributed by atoms with van der Waals surface area (Å²) in [4.78, 5) is 12.5. The highest BCUT2D eigenvalue weighted by Gasteiger charge is 2.16. The normalized spacial score (nSPS) is 11.1. The van der Waals surface area contributed by atoms with Gasteiger partial charge in [0.1, 0.15) is 0 Å². The fourth-order valence-electron chi connectivity index (χ4n) is 3.07. The van der Waals surface area contributed by atoms with Crippen LogP contribution in [0.5, 0.6) is 0 Å². The Bertz CT molecular complexity index is 1260. The Kier molecular flexibility index (Phi) is 7.49. The molecule has 0 aliphatic rings. The minimum Gasteiger partial charge on any atom is -0.325 e. The first-order valence-electron chi connectivity index (χ1n) is 10.3. The van der Waals surface area contributed by atoms with Gasteiger partial charge in [0.25, 0.3) is 0 Å². The second-order valence-electron chi connectivity index (χ2n) is 6.95. The van der Waals surface area contributed by atoms with Gasteiger partial charge in [0.2, 0.25) is 5.91 Å². The predicted octanol–water partition coefficient (Wildman–Crippen LogP) is 6.76. The van der Waals surface area contributed by atoms with Crippen LogP contribution in [0.4, 0.5) is 17.1 Å². The zero-order valence-electron chi connectivity index (χ0n) is 17.9. The molecular formula is C24H21ClN6OS. The van der Waals surface area contributed by atoms with E-state index in [1.165, 1.54) is 11.8 Å². The van der Waals surface area contributed by atoms with E-state index in [0.29, 0.717) is 33.9 Å². The summed E-state index contributed by atoms with van der Waals surface area (Å²) < 4.78 is 1.95. The second kappa shape index (κ2) is 10.9. The first-order chi connectivity index (χ1) is 16.1. The molecule has 33 heavy (non-hydrogen) atoms. The van der Waals surface area contributed by atoms with Crippen molar-refractivity contribution in [2.45, 2.75) is 18.6 Å². The monoisotopic (exact) mass is 476 g/mol. The van der Waals surface area contributed by atoms with E-state index in [-0.39, 0.29) is 11.7 Å². The number of nitrogens with zero attached hydrogens (tertiary/aromatic N) is 5. The highest BCUT2D eigenvalue weighted by Crippen LogP contribution is 2.29. The summed E-state index contributed by atoms with van der Waals surface area (Å²) in [7, 11) is 0. The summed E-state index contributed by atoms with van der Waals surface area (Å²) in [6, 6.07) is 24.2. The number of nitrogens with one attached hydrogen (secondary N) is 1. The van der Waals surface area contributed by atoms with Crippen molar-refractivity contribution in [3.8, 4) is 11.4 Å². The highest BCUT2D eigenvalue weighted by atomic mass is 35.5. The number of thioether (sulfide) groups is 1. The molecule has 7 nitrogen and oxygen atoms in total. The molecule has 0 saturated heterocycles. The van der Waals surface area contributed by atoms with E-state index in [2.05, 4.69) is 25.7 Å². The summed E-state index contributed by atoms with van der Waals surface area (Å²) in [5.74, 6) is 0.755. The number of hydrogen-bond donors (Lipinski definition) is 1. The average molecular weight is 477 g/mol. The summed E-state index contributed by atoms with van der Waals surface area (Å²) in [6.45, 7) is 2.67. The molecule has 0 unspecified atom stereocenters. The van der Waals surface area contributed by atoms with Gasteiger partial charge in [0.05, 0.1) is 22.2 Å². The van der Waals surface area contributed by atoms with Gasteiger partial charge in [-0.1, -0.05) is 53.7 Å². The van der Waals surface area contributed by atoms with E-state index in [9.17, 15) is 4.79 Å². The van der Waals surface area contributed by atoms with Crippen LogP contribution in [0.25, 0.3) is 11.4 Å². The van der Waals surface area contributed by atoms with Crippen LogP contribution in [-0.2, 0) is 11.3 Å². The minimum atomic E-state index is -0.136. The van der Waals surface area contributed by atoms with E-state index in [0.717, 1.165) is 11.3 Å². The molecule has 1 amide bonds. The number of anilines is 1. The molecule has 0 radical (unpaired) electrons. The Hall–Kier alpha value is -3.49. The molecule has 0 bridgehead atoms. The molecule has 0 saturated carbocycles. The fourth-order valence-corrected chi connectivity index (χ4v) is 4.09. The largest absolute Gasteiger partial charge is 0.325 e. The molecule has 0 aliphatic carbocycles. The third kappa shape index (κ3) is 5.85. The van der Waals surface area contributed by atoms with Gasteiger partial charge in [-0.3, -0.25) is 4.79 Å². The van der Waals surface area contributed by atoms with Crippen LogP contribution in [0, 0.1) is 0 Å². The van der Waals surface area contributed by atoms with Gasteiger partial charge in [0.15, 0.2) is 11.0 Å². The van der Waals surface area contributed by atoms with Crippen molar-refractivity contribution in [2.24, 2.45) is 10.2 Å². The zero-order chi connectivity index (χ0) is 23.0. The first kappa shape index (κ1) is 22.7. The number of azo groups is 1. The maximum absolute atomic E-state index is 12.5. The Labute approximate surface area is 200 Å². The third-order valence-electron chi connectivity index (χ3n) is 4.67. The molecule has 4 rings (SSSR count). The van der Waals surface area contributed by atoms with Gasteiger partial charge in [0, 0.05) is 17.8 Å². The maximum atomic E-state index is 12.5. The van der Waals surface area contributed by atoms with Crippen molar-refractivity contribution in [3.63, 3.8) is 0 Å². The van der Waals surface area contributed by atoms with Gasteiger partial charge < -0.3 is 9.88 Å². The molecule has 0 atom stereocenters. The lowest BCUT2D eigenvalue weighted by Gasteiger charge is -2.09. The van der Waals surface area contributed by atoms with Crippen LogP contribution < -0.4 is 5.32 Å². The molecule has 1 aromatic heterocycles. The summed E-state index contributed by atoms with van der Waals surface area (Å²) in [5, 5.41) is 21.1. The number of aromatic nitrogens is 3. The molecule has 0 spiro atoms. The van der Waals surface area contributed by atoms with Crippen LogP contribution in [0.15, 0.2) is 94.2 Å². The van der Waals surface area contributed by atoms with Crippen LogP contribution >= 0.6 is 23.4 Å². The lowest BCUT2D eigenvalue weighted by molar-refractivity contribution is -0.113. The van der Waals surface area contributed by atoms with Crippen LogP contribution in [0.1, 0.15) is 6.92 Å². The average Bonchev–Trinajstić information content (AvgIpc) is 3.26. The Morgan fingerprint density at radius 1 is 0.939 bits per heavy atom. The Morgan fingerprint density at radius 3 is 2.30 bits per heavy atom. The van der Waals surface area contributed by atoms with Gasteiger partial charge in [-0.25, -0.2) is 0 Å². The molecule has 9 heteroatoms. The lowest BCUT2D eigenvalue weighted by atomic mass is 10.2. The van der Waals surface area contributed by atoms with Crippen molar-refractivity contribution in [1.29, 1.82) is 0 Å². The zero-order valence-corrected chi connectivity index (χ0v) is 19.4. The summed E-state index contributed by atoms with van der Waals surface area (Å²) in [6.07, 6.45) is 0. The van der Waals surface area contributed by atoms with Gasteiger partial charge in [-0.2, -0.15) is 10.2 Å². The van der Waals surface area contributed by atoms with Crippen LogP contribution in [0.3, 0.4) is 0 Å². The summed E-state index contributed by atoms with van der Waals surface area (Å²) >= 11 is 7.64. The molecule has 166 valence electrons. The number of hydrogen-bond acceptors (Lipinski definition) is 6. The van der Waals surface area contributed by atoms with Crippen molar-refractivity contribution in [1.82, 2.24) is 14.8 Å². The van der Waals surface area contributed by atoms with Gasteiger partial charge >= 0.3 is 0 Å². The quantitative estimate of drug-likeness (QED) is 0.225. The van der Waals surface area contributed by atoms with Crippen molar-refractivity contribution in [3.05, 3.63) is 83.9 Å². The molecule has 1 heterocycles. The second-order valence-corrected chi connectivity index (χ2v) is 8.30. The number of halogens is 1. The number of benzene rings is 3. The first-order valence-corrected chi connectivity index (χ1v) is 11.7. The van der Waals surface area contributed by atoms with E-state index in [1.807, 2.05) is 66.1 Å². The van der Waals surface area contributed by atoms with Crippen molar-refractivity contribution < 1.29 is 4.79 Å². The van der Waals surface area contributed by atoms with Gasteiger partial charge in [-0.15, -0.1) is 10.2 Å². The minimum absolute atomic E-state index is 0.136. The van der Waals surface area contributed by atoms with E-state index < -0.39 is 0 Å². The predicted molar refractivity (Wildman–Crippen MR) is 133 cm³/mol. The third-order valence-corrected chi connectivity index (χ3v) is 5.96. The molecule has 0 fully saturated rings. The van der Waals surface area contributed by atoms with E-state index >= 15 is 0 Å². The molecule has 0 aliphatic heterocycles. The van der Waals surface area contributed by atoms with Gasteiger partial charge in [-0.05, 0) is 55.5 Å². The highest BCUT2D eigenvalue weighted by molar-refractivity contribution is 7.99. The summed E-state index contributed by atoms with van der Waals surface area (Å²) in [5.41, 5.74) is 2.99. The maximum Gasteiger partial charge on any atom is 0.234 e. The molecule has 3 aromatic carbocycles. The molecule has 4 aromatic rings. The Morgan fingerprint density at radius 2 is 1.61 bits per heavy atom. The van der Waals surface area contributed by atoms with E-state index in [1.54, 1.807) is 24.3 Å². The standard InChI is InChI=1S/C24H21ClN6OS/c1-2-31-23(20-10-6-7-11-21(20)25)29-30-24(31)33-16-22(32)26-17-12-14-19(15-13-17)28-27-18-8-4-3-5-9-18/h3-15H,2,16H2,1H3,(H,26,32). The number of rotatable bonds is 8. The molecule has 1 N–H and O–H groups in total. The molecular weight excluding hydrogens is 456 g/mol. The van der Waals surface area contributed by atoms with E-state index in [4.69, 9.17) is 11.6 Å².